The minimum absolute atomic E-state index is 0.0912. The smallest absolute Gasteiger partial charge is 0.321 e. The lowest BCUT2D eigenvalue weighted by atomic mass is 9.96. The molecular weight excluding hydrogens is 406 g/mol. The van der Waals surface area contributed by atoms with Crippen LogP contribution < -0.4 is 5.32 Å². The summed E-state index contributed by atoms with van der Waals surface area (Å²) >= 11 is 6.25. The number of anilines is 1. The molecule has 0 aliphatic carbocycles. The second kappa shape index (κ2) is 9.99. The van der Waals surface area contributed by atoms with Gasteiger partial charge in [-0.05, 0) is 42.2 Å². The quantitative estimate of drug-likeness (QED) is 0.553. The molecule has 3 aromatic rings. The van der Waals surface area contributed by atoms with Gasteiger partial charge in [0.25, 0.3) is 0 Å². The first kappa shape index (κ1) is 21.4. The van der Waals surface area contributed by atoms with E-state index in [1.165, 1.54) is 11.1 Å². The van der Waals surface area contributed by atoms with E-state index < -0.39 is 0 Å². The molecule has 1 aliphatic rings. The molecule has 0 radical (unpaired) electrons. The van der Waals surface area contributed by atoms with Gasteiger partial charge in [0.05, 0.1) is 10.7 Å². The van der Waals surface area contributed by atoms with Gasteiger partial charge in [0, 0.05) is 32.2 Å². The first-order valence-electron chi connectivity index (χ1n) is 10.7. The molecule has 1 N–H and O–H groups in total. The average Bonchev–Trinajstić information content (AvgIpc) is 2.81. The summed E-state index contributed by atoms with van der Waals surface area (Å²) in [6.45, 7) is 5.03. The monoisotopic (exact) mass is 433 g/mol. The Morgan fingerprint density at radius 1 is 0.935 bits per heavy atom. The zero-order valence-electron chi connectivity index (χ0n) is 17.8. The summed E-state index contributed by atoms with van der Waals surface area (Å²) < 4.78 is 0. The van der Waals surface area contributed by atoms with Crippen LogP contribution in [0.1, 0.15) is 22.7 Å². The van der Waals surface area contributed by atoms with Crippen molar-refractivity contribution in [3.63, 3.8) is 0 Å². The van der Waals surface area contributed by atoms with Crippen LogP contribution in [0.25, 0.3) is 0 Å². The first-order valence-corrected chi connectivity index (χ1v) is 11.1. The van der Waals surface area contributed by atoms with E-state index in [1.807, 2.05) is 30.0 Å². The van der Waals surface area contributed by atoms with Crippen LogP contribution in [0.15, 0.2) is 78.9 Å². The van der Waals surface area contributed by atoms with E-state index in [0.29, 0.717) is 29.8 Å². The third kappa shape index (κ3) is 5.46. The number of rotatable bonds is 5. The molecule has 1 atom stereocenters. The van der Waals surface area contributed by atoms with Gasteiger partial charge in [0.15, 0.2) is 0 Å². The van der Waals surface area contributed by atoms with E-state index in [4.69, 9.17) is 11.6 Å². The lowest BCUT2D eigenvalue weighted by molar-refractivity contribution is 0.112. The summed E-state index contributed by atoms with van der Waals surface area (Å²) in [4.78, 5) is 17.2. The number of hydrogen-bond acceptors (Lipinski definition) is 2. The summed E-state index contributed by atoms with van der Waals surface area (Å²) in [5, 5.41) is 3.53. The molecule has 0 aromatic heterocycles. The summed E-state index contributed by atoms with van der Waals surface area (Å²) in [7, 11) is 0. The van der Waals surface area contributed by atoms with E-state index >= 15 is 0 Å². The van der Waals surface area contributed by atoms with Gasteiger partial charge < -0.3 is 10.2 Å². The lowest BCUT2D eigenvalue weighted by Gasteiger charge is -2.39. The number of urea groups is 1. The number of carbonyl (C=O) groups excluding carboxylic acids is 1. The molecule has 3 aromatic carbocycles. The van der Waals surface area contributed by atoms with Crippen molar-refractivity contribution in [3.05, 3.63) is 101 Å². The molecule has 5 heteroatoms. The van der Waals surface area contributed by atoms with Crippen LogP contribution in [0.5, 0.6) is 0 Å². The van der Waals surface area contributed by atoms with Crippen LogP contribution in [-0.4, -0.2) is 42.0 Å². The number of piperazine rings is 1. The van der Waals surface area contributed by atoms with Crippen molar-refractivity contribution >= 4 is 23.3 Å². The Bertz CT molecular complexity index is 1000. The summed E-state index contributed by atoms with van der Waals surface area (Å²) in [5.41, 5.74) is 4.37. The Labute approximate surface area is 189 Å². The largest absolute Gasteiger partial charge is 0.322 e. The molecule has 0 spiro atoms. The third-order valence-electron chi connectivity index (χ3n) is 5.86. The number of amides is 2. The normalized spacial score (nSPS) is 15.5. The van der Waals surface area contributed by atoms with Gasteiger partial charge in [-0.25, -0.2) is 4.79 Å². The predicted molar refractivity (Wildman–Crippen MR) is 128 cm³/mol. The molecule has 160 valence electrons. The number of nitrogens with zero attached hydrogens (tertiary/aromatic N) is 2. The zero-order chi connectivity index (χ0) is 21.6. The summed E-state index contributed by atoms with van der Waals surface area (Å²) in [6.07, 6.45) is 0.954. The average molecular weight is 434 g/mol. The Kier molecular flexibility index (Phi) is 6.90. The molecule has 1 aliphatic heterocycles. The lowest BCUT2D eigenvalue weighted by Crippen LogP contribution is -2.51. The molecule has 0 saturated carbocycles. The molecule has 1 fully saturated rings. The molecule has 2 amide bonds. The second-order valence-electron chi connectivity index (χ2n) is 8.05. The van der Waals surface area contributed by atoms with Gasteiger partial charge in [0.1, 0.15) is 0 Å². The number of aryl methyl sites for hydroxylation is 1. The minimum Gasteiger partial charge on any atom is -0.322 e. The van der Waals surface area contributed by atoms with Gasteiger partial charge in [-0.3, -0.25) is 4.90 Å². The van der Waals surface area contributed by atoms with Gasteiger partial charge in [-0.2, -0.15) is 0 Å². The van der Waals surface area contributed by atoms with E-state index in [-0.39, 0.29) is 6.03 Å². The van der Waals surface area contributed by atoms with Crippen molar-refractivity contribution in [1.82, 2.24) is 9.80 Å². The van der Waals surface area contributed by atoms with Gasteiger partial charge >= 0.3 is 6.03 Å². The van der Waals surface area contributed by atoms with Crippen LogP contribution in [0, 0.1) is 6.92 Å². The van der Waals surface area contributed by atoms with E-state index in [0.717, 1.165) is 25.1 Å². The topological polar surface area (TPSA) is 35.6 Å². The van der Waals surface area contributed by atoms with Crippen molar-refractivity contribution < 1.29 is 4.79 Å². The summed E-state index contributed by atoms with van der Waals surface area (Å²) in [6, 6.07) is 27.1. The standard InChI is InChI=1S/C26H28ClN3O/c1-20-12-13-23(27)24(18-20)28-26(31)30-16-14-29(15-17-30)25(22-10-6-3-7-11-22)19-21-8-4-2-5-9-21/h2-13,18,25H,14-17,19H2,1H3,(H,28,31). The fourth-order valence-corrected chi connectivity index (χ4v) is 4.30. The van der Waals surface area contributed by atoms with Crippen LogP contribution in [0.2, 0.25) is 5.02 Å². The van der Waals surface area contributed by atoms with E-state index in [9.17, 15) is 4.79 Å². The fourth-order valence-electron chi connectivity index (χ4n) is 4.14. The number of nitrogens with one attached hydrogen (secondary N) is 1. The Morgan fingerprint density at radius 2 is 1.58 bits per heavy atom. The second-order valence-corrected chi connectivity index (χ2v) is 8.46. The first-order chi connectivity index (χ1) is 15.1. The highest BCUT2D eigenvalue weighted by molar-refractivity contribution is 6.33. The van der Waals surface area contributed by atoms with Crippen molar-refractivity contribution in [3.8, 4) is 0 Å². The zero-order valence-corrected chi connectivity index (χ0v) is 18.6. The SMILES string of the molecule is Cc1ccc(Cl)c(NC(=O)N2CCN(C(Cc3ccccc3)c3ccccc3)CC2)c1. The van der Waals surface area contributed by atoms with Crippen molar-refractivity contribution in [2.75, 3.05) is 31.5 Å². The van der Waals surface area contributed by atoms with Crippen LogP contribution >= 0.6 is 11.6 Å². The Hall–Kier alpha value is -2.82. The molecule has 1 unspecified atom stereocenters. The molecule has 31 heavy (non-hydrogen) atoms. The van der Waals surface area contributed by atoms with E-state index in [1.54, 1.807) is 0 Å². The highest BCUT2D eigenvalue weighted by atomic mass is 35.5. The van der Waals surface area contributed by atoms with Crippen molar-refractivity contribution in [2.24, 2.45) is 0 Å². The summed E-state index contributed by atoms with van der Waals surface area (Å²) in [5.74, 6) is 0. The Morgan fingerprint density at radius 3 is 2.26 bits per heavy atom. The molecule has 1 heterocycles. The molecule has 1 saturated heterocycles. The molecule has 4 nitrogen and oxygen atoms in total. The van der Waals surface area contributed by atoms with Crippen molar-refractivity contribution in [1.29, 1.82) is 0 Å². The minimum atomic E-state index is -0.0912. The van der Waals surface area contributed by atoms with Crippen LogP contribution in [-0.2, 0) is 6.42 Å². The van der Waals surface area contributed by atoms with Gasteiger partial charge in [-0.1, -0.05) is 78.3 Å². The maximum atomic E-state index is 12.8. The van der Waals surface area contributed by atoms with Crippen LogP contribution in [0.4, 0.5) is 10.5 Å². The highest BCUT2D eigenvalue weighted by Crippen LogP contribution is 2.27. The third-order valence-corrected chi connectivity index (χ3v) is 6.19. The highest BCUT2D eigenvalue weighted by Gasteiger charge is 2.27. The van der Waals surface area contributed by atoms with Gasteiger partial charge in [0.2, 0.25) is 0 Å². The van der Waals surface area contributed by atoms with Crippen molar-refractivity contribution in [2.45, 2.75) is 19.4 Å². The number of carbonyl (C=O) groups is 1. The number of hydrogen-bond donors (Lipinski definition) is 1. The maximum absolute atomic E-state index is 12.8. The van der Waals surface area contributed by atoms with E-state index in [2.05, 4.69) is 70.9 Å². The number of benzene rings is 3. The van der Waals surface area contributed by atoms with Crippen LogP contribution in [0.3, 0.4) is 0 Å². The van der Waals surface area contributed by atoms with Gasteiger partial charge in [-0.15, -0.1) is 0 Å². The Balaban J connectivity index is 1.42. The maximum Gasteiger partial charge on any atom is 0.321 e. The fraction of sp³-hybridized carbons (Fsp3) is 0.269. The number of halogens is 1. The predicted octanol–water partition coefficient (Wildman–Crippen LogP) is 5.78. The molecular formula is C26H28ClN3O. The molecule has 0 bridgehead atoms. The molecule has 4 rings (SSSR count).